The summed E-state index contributed by atoms with van der Waals surface area (Å²) in [6.45, 7) is 32.9. The third kappa shape index (κ3) is 10.0. The van der Waals surface area contributed by atoms with Gasteiger partial charge in [0.05, 0.1) is 0 Å². The third-order valence-electron chi connectivity index (χ3n) is 10.1. The molecule has 0 spiro atoms. The molecule has 2 heteroatoms. The Kier molecular flexibility index (Phi) is 18.8. The Morgan fingerprint density at radius 3 is 0.844 bits per heavy atom. The normalized spacial score (nSPS) is 40.0. The van der Waals surface area contributed by atoms with Crippen molar-refractivity contribution in [2.45, 2.75) is 115 Å². The van der Waals surface area contributed by atoms with Gasteiger partial charge >= 0.3 is 75.1 Å². The van der Waals surface area contributed by atoms with E-state index in [9.17, 15) is 0 Å². The summed E-state index contributed by atoms with van der Waals surface area (Å²) in [6, 6.07) is 0. The monoisotopic (exact) mass is 535 g/mol. The number of hydrogen-bond acceptors (Lipinski definition) is 1. The molecule has 32 heavy (non-hydrogen) atoms. The minimum Gasteiger partial charge on any atom is -0.358 e. The molecule has 0 heterocycles. The Morgan fingerprint density at radius 1 is 0.594 bits per heavy atom. The van der Waals surface area contributed by atoms with E-state index in [1.165, 1.54) is 6.42 Å². The van der Waals surface area contributed by atoms with Crippen LogP contribution in [0.4, 0.5) is 0 Å². The van der Waals surface area contributed by atoms with Crippen LogP contribution in [0.15, 0.2) is 3.50 Å². The summed E-state index contributed by atoms with van der Waals surface area (Å²) < 4.78 is 4.39. The second-order valence-corrected chi connectivity index (χ2v) is 12.6. The van der Waals surface area contributed by atoms with Gasteiger partial charge in [-0.3, -0.25) is 0 Å². The molecule has 2 fully saturated rings. The molecule has 0 saturated heterocycles. The summed E-state index contributed by atoms with van der Waals surface area (Å²) in [5.41, 5.74) is 0.235. The van der Waals surface area contributed by atoms with Crippen molar-refractivity contribution in [1.82, 2.24) is 0 Å². The summed E-state index contributed by atoms with van der Waals surface area (Å²) in [7, 11) is 0. The van der Waals surface area contributed by atoms with Crippen LogP contribution in [0, 0.1) is 80.0 Å². The average molecular weight is 534 g/mol. The minimum absolute atomic E-state index is 0. The van der Waals surface area contributed by atoms with Gasteiger partial charge in [0.2, 0.25) is 0 Å². The van der Waals surface area contributed by atoms with Gasteiger partial charge in [0.25, 0.3) is 0 Å². The molecule has 2 saturated carbocycles. The zero-order chi connectivity index (χ0) is 24.0. The quantitative estimate of drug-likeness (QED) is 0.252. The zero-order valence-corrected chi connectivity index (χ0v) is 27.1. The predicted octanol–water partition coefficient (Wildman–Crippen LogP) is 10.2. The first-order valence-corrected chi connectivity index (χ1v) is 13.9. The molecule has 0 aromatic heterocycles. The van der Waals surface area contributed by atoms with Crippen LogP contribution in [-0.2, 0) is 19.6 Å². The molecule has 1 unspecified atom stereocenters. The summed E-state index contributed by atoms with van der Waals surface area (Å²) in [5, 5.41) is 0. The largest absolute Gasteiger partial charge is 0.358 e. The van der Waals surface area contributed by atoms with E-state index in [2.05, 4.69) is 100 Å². The summed E-state index contributed by atoms with van der Waals surface area (Å²) in [4.78, 5) is 0. The van der Waals surface area contributed by atoms with E-state index >= 15 is 0 Å². The smallest absolute Gasteiger partial charge is 0.358 e. The maximum Gasteiger partial charge on any atom is -0.358 e. The van der Waals surface area contributed by atoms with Crippen LogP contribution < -0.4 is 0 Å². The van der Waals surface area contributed by atoms with Crippen LogP contribution in [0.25, 0.3) is 0 Å². The van der Waals surface area contributed by atoms with Crippen molar-refractivity contribution in [1.29, 1.82) is 0 Å². The predicted molar refractivity (Wildman–Crippen MR) is 145 cm³/mol. The van der Waals surface area contributed by atoms with Gasteiger partial charge in [-0.15, -0.1) is 0 Å². The summed E-state index contributed by atoms with van der Waals surface area (Å²) >= 11 is 1.86. The number of nitrogens with zero attached hydrogens (tertiary/aromatic N) is 1. The molecule has 0 radical (unpaired) electrons. The molecule has 0 aromatic carbocycles. The first-order chi connectivity index (χ1) is 13.6. The molecule has 0 aliphatic heterocycles. The van der Waals surface area contributed by atoms with Gasteiger partial charge in [0.1, 0.15) is 0 Å². The molecule has 0 bridgehead atoms. The SMILES string of the molecule is CC1C(C)C(C)C(C)C1C.CC1C(C)C(C)C(C)C1C.CCC(C)(CC(C)C)[N]=[Mo].[CH3-].[CH3-]. The molecule has 0 aromatic rings. The van der Waals surface area contributed by atoms with Gasteiger partial charge in [-0.1, -0.05) is 69.2 Å². The van der Waals surface area contributed by atoms with Crippen molar-refractivity contribution in [3.05, 3.63) is 14.9 Å². The van der Waals surface area contributed by atoms with Crippen molar-refractivity contribution in [2.24, 2.45) is 68.6 Å². The van der Waals surface area contributed by atoms with Crippen molar-refractivity contribution in [3.63, 3.8) is 0 Å². The van der Waals surface area contributed by atoms with Gasteiger partial charge in [0.15, 0.2) is 0 Å². The molecule has 2 rings (SSSR count). The topological polar surface area (TPSA) is 12.4 Å². The molecule has 1 nitrogen and oxygen atoms in total. The van der Waals surface area contributed by atoms with E-state index in [1.54, 1.807) is 0 Å². The molecular formula is C30H63MoN-2. The van der Waals surface area contributed by atoms with Crippen LogP contribution in [0.3, 0.4) is 0 Å². The van der Waals surface area contributed by atoms with E-state index in [0.717, 1.165) is 71.5 Å². The van der Waals surface area contributed by atoms with Crippen LogP contribution in [-0.4, -0.2) is 5.54 Å². The molecule has 0 N–H and O–H groups in total. The van der Waals surface area contributed by atoms with Gasteiger partial charge in [-0.25, -0.2) is 0 Å². The van der Waals surface area contributed by atoms with Crippen molar-refractivity contribution in [3.8, 4) is 0 Å². The molecular weight excluding hydrogens is 470 g/mol. The van der Waals surface area contributed by atoms with Gasteiger partial charge in [0, 0.05) is 0 Å². The van der Waals surface area contributed by atoms with Crippen molar-refractivity contribution in [2.75, 3.05) is 0 Å². The number of rotatable bonds is 4. The molecule has 2 aliphatic carbocycles. The second-order valence-electron chi connectivity index (χ2n) is 12.1. The Labute approximate surface area is 217 Å². The number of hydrogen-bond donors (Lipinski definition) is 0. The van der Waals surface area contributed by atoms with E-state index in [1.807, 2.05) is 19.6 Å². The van der Waals surface area contributed by atoms with Gasteiger partial charge in [-0.05, 0) is 59.2 Å². The Balaban J connectivity index is -0.000000382. The first-order valence-electron chi connectivity index (χ1n) is 13.0. The second kappa shape index (κ2) is 16.2. The fourth-order valence-electron chi connectivity index (χ4n) is 5.91. The van der Waals surface area contributed by atoms with Crippen LogP contribution >= 0.6 is 0 Å². The molecule has 196 valence electrons. The summed E-state index contributed by atoms with van der Waals surface area (Å²) in [6.07, 6.45) is 2.37. The standard InChI is InChI=1S/2C10H20.C8H17N.2CH3.Mo/c2*1-6-7(2)9(4)10(5)8(6)3;1-5-8(4,9)6-7(2)3;;;/h2*6-10H,1-5H3;7H,5-6H2,1-4H3;2*1H3;/q;;;2*-1;. The fourth-order valence-corrected chi connectivity index (χ4v) is 6.41. The average Bonchev–Trinajstić information content (AvgIpc) is 2.98. The zero-order valence-electron chi connectivity index (χ0n) is 25.1. The Morgan fingerprint density at radius 2 is 0.781 bits per heavy atom. The third-order valence-corrected chi connectivity index (χ3v) is 11.2. The molecule has 0 amide bonds. The van der Waals surface area contributed by atoms with Crippen molar-refractivity contribution < 1.29 is 19.6 Å². The summed E-state index contributed by atoms with van der Waals surface area (Å²) in [5.74, 6) is 10.1. The first kappa shape index (κ1) is 37.0. The van der Waals surface area contributed by atoms with Crippen LogP contribution in [0.2, 0.25) is 0 Å². The van der Waals surface area contributed by atoms with E-state index in [4.69, 9.17) is 0 Å². The van der Waals surface area contributed by atoms with Gasteiger partial charge in [-0.2, -0.15) is 0 Å². The molecule has 1 atom stereocenters. The fraction of sp³-hybridized carbons (Fsp3) is 0.933. The maximum atomic E-state index is 4.39. The van der Waals surface area contributed by atoms with E-state index < -0.39 is 0 Å². The minimum atomic E-state index is 0. The van der Waals surface area contributed by atoms with Gasteiger partial charge < -0.3 is 14.9 Å². The van der Waals surface area contributed by atoms with Crippen LogP contribution in [0.1, 0.15) is 110 Å². The Hall–Kier alpha value is 0.488. The van der Waals surface area contributed by atoms with E-state index in [0.29, 0.717) is 0 Å². The molecule has 2 aliphatic rings. The van der Waals surface area contributed by atoms with Crippen LogP contribution in [0.5, 0.6) is 0 Å². The Bertz CT molecular complexity index is 370. The van der Waals surface area contributed by atoms with E-state index in [-0.39, 0.29) is 20.4 Å². The maximum absolute atomic E-state index is 4.39. The van der Waals surface area contributed by atoms with Crippen molar-refractivity contribution >= 4 is 0 Å².